The number of rotatable bonds is 9. The maximum atomic E-state index is 12.5. The summed E-state index contributed by atoms with van der Waals surface area (Å²) >= 11 is 0. The van der Waals surface area contributed by atoms with Gasteiger partial charge in [-0.15, -0.1) is 0 Å². The summed E-state index contributed by atoms with van der Waals surface area (Å²) in [5.41, 5.74) is 1.65. The van der Waals surface area contributed by atoms with E-state index < -0.39 is 24.1 Å². The maximum Gasteiger partial charge on any atom is 0.408 e. The molecule has 0 saturated carbocycles. The molecule has 0 heterocycles. The Kier molecular flexibility index (Phi) is 7.96. The van der Waals surface area contributed by atoms with Crippen molar-refractivity contribution in [3.63, 3.8) is 0 Å². The van der Waals surface area contributed by atoms with Crippen molar-refractivity contribution in [3.8, 4) is 0 Å². The number of nitrogens with one attached hydrogen (secondary N) is 2. The lowest BCUT2D eigenvalue weighted by atomic mass is 10.0. The Hall–Kier alpha value is -3.41. The van der Waals surface area contributed by atoms with Gasteiger partial charge in [-0.05, 0) is 24.1 Å². The second-order valence-electron chi connectivity index (χ2n) is 6.27. The van der Waals surface area contributed by atoms with Crippen LogP contribution in [-0.4, -0.2) is 23.8 Å². The molecular formula is C22H24N2O4. The summed E-state index contributed by atoms with van der Waals surface area (Å²) in [6, 6.07) is 17.1. The number of alkyl carbamates (subject to hydrolysis) is 1. The lowest BCUT2D eigenvalue weighted by molar-refractivity contribution is -0.123. The molecule has 2 atom stereocenters. The Morgan fingerprint density at radius 3 is 2.21 bits per heavy atom. The number of carbonyl (C=O) groups is 3. The molecule has 6 heteroatoms. The van der Waals surface area contributed by atoms with Gasteiger partial charge in [0.1, 0.15) is 12.6 Å². The van der Waals surface area contributed by atoms with Gasteiger partial charge in [-0.1, -0.05) is 67.2 Å². The predicted molar refractivity (Wildman–Crippen MR) is 106 cm³/mol. The van der Waals surface area contributed by atoms with Crippen molar-refractivity contribution in [1.29, 1.82) is 0 Å². The zero-order chi connectivity index (χ0) is 20.4. The van der Waals surface area contributed by atoms with E-state index in [9.17, 15) is 14.4 Å². The highest BCUT2D eigenvalue weighted by Crippen LogP contribution is 2.17. The summed E-state index contributed by atoms with van der Waals surface area (Å²) in [4.78, 5) is 36.2. The number of carbonyl (C=O) groups excluding carboxylic acids is 3. The van der Waals surface area contributed by atoms with Gasteiger partial charge in [0.25, 0.3) is 0 Å². The van der Waals surface area contributed by atoms with Crippen molar-refractivity contribution in [3.05, 3.63) is 84.4 Å². The first-order chi connectivity index (χ1) is 13.5. The summed E-state index contributed by atoms with van der Waals surface area (Å²) in [7, 11) is 0. The molecule has 2 amide bonds. The molecule has 6 nitrogen and oxygen atoms in total. The van der Waals surface area contributed by atoms with Crippen LogP contribution >= 0.6 is 0 Å². The Labute approximate surface area is 164 Å². The number of ketones is 1. The third-order valence-corrected chi connectivity index (χ3v) is 4.09. The molecule has 0 radical (unpaired) electrons. The number of ether oxygens (including phenoxy) is 1. The zero-order valence-electron chi connectivity index (χ0n) is 15.8. The smallest absolute Gasteiger partial charge is 0.408 e. The monoisotopic (exact) mass is 380 g/mol. The van der Waals surface area contributed by atoms with Gasteiger partial charge in [0.2, 0.25) is 5.91 Å². The molecular weight excluding hydrogens is 356 g/mol. The second-order valence-corrected chi connectivity index (χ2v) is 6.27. The van der Waals surface area contributed by atoms with E-state index in [0.29, 0.717) is 0 Å². The van der Waals surface area contributed by atoms with Gasteiger partial charge in [-0.25, -0.2) is 4.79 Å². The van der Waals surface area contributed by atoms with Gasteiger partial charge in [0, 0.05) is 6.42 Å². The van der Waals surface area contributed by atoms with E-state index in [4.69, 9.17) is 4.74 Å². The van der Waals surface area contributed by atoms with E-state index in [1.807, 2.05) is 60.7 Å². The van der Waals surface area contributed by atoms with Crippen LogP contribution in [0.1, 0.15) is 30.5 Å². The Bertz CT molecular complexity index is 806. The molecule has 2 aromatic rings. The van der Waals surface area contributed by atoms with Crippen molar-refractivity contribution in [2.75, 3.05) is 0 Å². The molecule has 0 aliphatic carbocycles. The van der Waals surface area contributed by atoms with Crippen molar-refractivity contribution in [1.82, 2.24) is 10.6 Å². The van der Waals surface area contributed by atoms with Crippen LogP contribution in [0.3, 0.4) is 0 Å². The topological polar surface area (TPSA) is 84.5 Å². The van der Waals surface area contributed by atoms with Gasteiger partial charge in [-0.3, -0.25) is 9.59 Å². The summed E-state index contributed by atoms with van der Waals surface area (Å²) in [5, 5.41) is 5.30. The van der Waals surface area contributed by atoms with Gasteiger partial charge in [0.15, 0.2) is 5.78 Å². The van der Waals surface area contributed by atoms with Crippen molar-refractivity contribution in [2.45, 2.75) is 32.0 Å². The van der Waals surface area contributed by atoms with E-state index in [0.717, 1.165) is 11.1 Å². The third-order valence-electron chi connectivity index (χ3n) is 4.09. The Balaban J connectivity index is 1.91. The van der Waals surface area contributed by atoms with Gasteiger partial charge in [0.05, 0.1) is 6.04 Å². The van der Waals surface area contributed by atoms with Crippen LogP contribution in [0.25, 0.3) is 0 Å². The first kappa shape index (κ1) is 20.9. The van der Waals surface area contributed by atoms with Crippen molar-refractivity contribution >= 4 is 17.8 Å². The zero-order valence-corrected chi connectivity index (χ0v) is 15.8. The SMILES string of the molecule is C=CC(=O)CC(NC(=O)C(C)NC(=O)OCc1ccccc1)c1ccccc1. The minimum absolute atomic E-state index is 0.0877. The summed E-state index contributed by atoms with van der Waals surface area (Å²) in [6.07, 6.45) is 0.625. The van der Waals surface area contributed by atoms with E-state index in [1.165, 1.54) is 6.08 Å². The second kappa shape index (κ2) is 10.7. The van der Waals surface area contributed by atoms with Gasteiger partial charge >= 0.3 is 6.09 Å². The average Bonchev–Trinajstić information content (AvgIpc) is 2.72. The lowest BCUT2D eigenvalue weighted by Gasteiger charge is -2.21. The van der Waals surface area contributed by atoms with Crippen LogP contribution in [0.2, 0.25) is 0 Å². The van der Waals surface area contributed by atoms with Crippen LogP contribution in [0.15, 0.2) is 73.3 Å². The summed E-state index contributed by atoms with van der Waals surface area (Å²) in [6.45, 7) is 5.14. The van der Waals surface area contributed by atoms with E-state index in [2.05, 4.69) is 17.2 Å². The Morgan fingerprint density at radius 2 is 1.61 bits per heavy atom. The molecule has 2 aromatic carbocycles. The van der Waals surface area contributed by atoms with E-state index in [-0.39, 0.29) is 18.8 Å². The normalized spacial score (nSPS) is 12.3. The first-order valence-electron chi connectivity index (χ1n) is 8.97. The molecule has 2 N–H and O–H groups in total. The van der Waals surface area contributed by atoms with Crippen LogP contribution in [0.5, 0.6) is 0 Å². The molecule has 0 bridgehead atoms. The minimum atomic E-state index is -0.826. The average molecular weight is 380 g/mol. The van der Waals surface area contributed by atoms with E-state index >= 15 is 0 Å². The number of hydrogen-bond donors (Lipinski definition) is 2. The van der Waals surface area contributed by atoms with Crippen LogP contribution in [-0.2, 0) is 20.9 Å². The maximum absolute atomic E-state index is 12.5. The van der Waals surface area contributed by atoms with E-state index in [1.54, 1.807) is 6.92 Å². The number of amides is 2. The predicted octanol–water partition coefficient (Wildman–Crippen LogP) is 3.30. The summed E-state index contributed by atoms with van der Waals surface area (Å²) < 4.78 is 5.12. The highest BCUT2D eigenvalue weighted by molar-refractivity contribution is 5.91. The number of allylic oxidation sites excluding steroid dienone is 1. The fraction of sp³-hybridized carbons (Fsp3) is 0.227. The number of benzene rings is 2. The molecule has 0 fully saturated rings. The fourth-order valence-electron chi connectivity index (χ4n) is 2.53. The van der Waals surface area contributed by atoms with Gasteiger partial charge in [-0.2, -0.15) is 0 Å². The molecule has 28 heavy (non-hydrogen) atoms. The lowest BCUT2D eigenvalue weighted by Crippen LogP contribution is -2.46. The van der Waals surface area contributed by atoms with Crippen molar-refractivity contribution in [2.24, 2.45) is 0 Å². The molecule has 2 unspecified atom stereocenters. The van der Waals surface area contributed by atoms with Crippen LogP contribution in [0, 0.1) is 0 Å². The van der Waals surface area contributed by atoms with Gasteiger partial charge < -0.3 is 15.4 Å². The fourth-order valence-corrected chi connectivity index (χ4v) is 2.53. The molecule has 2 rings (SSSR count). The molecule has 0 saturated heterocycles. The molecule has 0 spiro atoms. The largest absolute Gasteiger partial charge is 0.445 e. The highest BCUT2D eigenvalue weighted by Gasteiger charge is 2.22. The summed E-state index contributed by atoms with van der Waals surface area (Å²) in [5.74, 6) is -0.598. The Morgan fingerprint density at radius 1 is 1.00 bits per heavy atom. The first-order valence-corrected chi connectivity index (χ1v) is 8.97. The number of hydrogen-bond acceptors (Lipinski definition) is 4. The standard InChI is InChI=1S/C22H24N2O4/c1-3-19(25)14-20(18-12-8-5-9-13-18)24-21(26)16(2)23-22(27)28-15-17-10-6-4-7-11-17/h3-13,16,20H,1,14-15H2,2H3,(H,23,27)(H,24,26). The third kappa shape index (κ3) is 6.72. The highest BCUT2D eigenvalue weighted by atomic mass is 16.5. The minimum Gasteiger partial charge on any atom is -0.445 e. The van der Waals surface area contributed by atoms with Crippen LogP contribution in [0.4, 0.5) is 4.79 Å². The quantitative estimate of drug-likeness (QED) is 0.654. The van der Waals surface area contributed by atoms with Crippen LogP contribution < -0.4 is 10.6 Å². The molecule has 0 aliphatic rings. The molecule has 0 aromatic heterocycles. The molecule has 146 valence electrons. The van der Waals surface area contributed by atoms with Crippen molar-refractivity contribution < 1.29 is 19.1 Å². The molecule has 0 aliphatic heterocycles.